The number of rotatable bonds is 4. The standard InChI is InChI=1S/C15H28N4O3/c1-2-16-15(22)19-8-5-12(6-9-19)17-14(21)11-18-7-3-4-13(20)10-18/h12-13,20H,2-11H2,1H3,(H,16,22)(H,17,21). The van der Waals surface area contributed by atoms with Crippen LogP contribution in [0.5, 0.6) is 0 Å². The number of nitrogens with one attached hydrogen (secondary N) is 2. The van der Waals surface area contributed by atoms with Gasteiger partial charge >= 0.3 is 6.03 Å². The van der Waals surface area contributed by atoms with Crippen LogP contribution in [-0.4, -0.2) is 78.3 Å². The number of aliphatic hydroxyl groups excluding tert-OH is 1. The number of piperidine rings is 2. The van der Waals surface area contributed by atoms with Gasteiger partial charge < -0.3 is 20.6 Å². The number of carbonyl (C=O) groups excluding carboxylic acids is 2. The second-order valence-corrected chi connectivity index (χ2v) is 6.20. The Labute approximate surface area is 132 Å². The van der Waals surface area contributed by atoms with Gasteiger partial charge in [-0.15, -0.1) is 0 Å². The zero-order chi connectivity index (χ0) is 15.9. The molecule has 7 nitrogen and oxygen atoms in total. The van der Waals surface area contributed by atoms with Crippen LogP contribution in [-0.2, 0) is 4.79 Å². The minimum absolute atomic E-state index is 0.0189. The van der Waals surface area contributed by atoms with Crippen LogP contribution in [0, 0.1) is 0 Å². The highest BCUT2D eigenvalue weighted by molar-refractivity contribution is 5.78. The highest BCUT2D eigenvalue weighted by Gasteiger charge is 2.25. The Morgan fingerprint density at radius 3 is 2.55 bits per heavy atom. The normalized spacial score (nSPS) is 24.1. The summed E-state index contributed by atoms with van der Waals surface area (Å²) in [6, 6.07) is 0.127. The molecule has 2 saturated heterocycles. The molecular weight excluding hydrogens is 284 g/mol. The zero-order valence-corrected chi connectivity index (χ0v) is 13.4. The topological polar surface area (TPSA) is 84.9 Å². The fourth-order valence-corrected chi connectivity index (χ4v) is 3.14. The summed E-state index contributed by atoms with van der Waals surface area (Å²) in [6.45, 7) is 5.72. The van der Waals surface area contributed by atoms with E-state index in [9.17, 15) is 14.7 Å². The van der Waals surface area contributed by atoms with Crippen molar-refractivity contribution in [2.24, 2.45) is 0 Å². The molecule has 0 radical (unpaired) electrons. The monoisotopic (exact) mass is 312 g/mol. The van der Waals surface area contributed by atoms with Gasteiger partial charge in [0.1, 0.15) is 0 Å². The number of carbonyl (C=O) groups is 2. The smallest absolute Gasteiger partial charge is 0.317 e. The molecule has 2 rings (SSSR count). The lowest BCUT2D eigenvalue weighted by molar-refractivity contribution is -0.123. The predicted molar refractivity (Wildman–Crippen MR) is 83.5 cm³/mol. The van der Waals surface area contributed by atoms with E-state index in [4.69, 9.17) is 0 Å². The van der Waals surface area contributed by atoms with Crippen molar-refractivity contribution < 1.29 is 14.7 Å². The van der Waals surface area contributed by atoms with E-state index in [1.165, 1.54) is 0 Å². The van der Waals surface area contributed by atoms with Gasteiger partial charge in [-0.05, 0) is 39.2 Å². The summed E-state index contributed by atoms with van der Waals surface area (Å²) in [4.78, 5) is 27.6. The van der Waals surface area contributed by atoms with Crippen LogP contribution in [0.2, 0.25) is 0 Å². The molecule has 0 aromatic heterocycles. The molecule has 2 aliphatic rings. The van der Waals surface area contributed by atoms with Crippen molar-refractivity contribution in [2.75, 3.05) is 39.3 Å². The van der Waals surface area contributed by atoms with E-state index in [0.29, 0.717) is 32.7 Å². The molecule has 3 amide bonds. The van der Waals surface area contributed by atoms with Gasteiger partial charge in [0.15, 0.2) is 0 Å². The Bertz CT molecular complexity index is 383. The number of aliphatic hydroxyl groups is 1. The van der Waals surface area contributed by atoms with Gasteiger partial charge in [0.25, 0.3) is 0 Å². The van der Waals surface area contributed by atoms with Crippen LogP contribution in [0.25, 0.3) is 0 Å². The lowest BCUT2D eigenvalue weighted by atomic mass is 10.1. The van der Waals surface area contributed by atoms with Crippen molar-refractivity contribution in [3.63, 3.8) is 0 Å². The summed E-state index contributed by atoms with van der Waals surface area (Å²) < 4.78 is 0. The summed E-state index contributed by atoms with van der Waals surface area (Å²) in [5, 5.41) is 15.5. The lowest BCUT2D eigenvalue weighted by Gasteiger charge is -2.33. The molecule has 2 aliphatic heterocycles. The first-order chi connectivity index (χ1) is 10.6. The molecule has 2 fully saturated rings. The average molecular weight is 312 g/mol. The van der Waals surface area contributed by atoms with Crippen LogP contribution in [0.1, 0.15) is 32.6 Å². The van der Waals surface area contributed by atoms with Crippen LogP contribution in [0.15, 0.2) is 0 Å². The number of hydrogen-bond donors (Lipinski definition) is 3. The number of hydrogen-bond acceptors (Lipinski definition) is 4. The molecule has 7 heteroatoms. The number of nitrogens with zero attached hydrogens (tertiary/aromatic N) is 2. The molecule has 126 valence electrons. The number of likely N-dealkylation sites (tertiary alicyclic amines) is 2. The molecule has 1 atom stereocenters. The van der Waals surface area contributed by atoms with Gasteiger partial charge in [0.05, 0.1) is 12.6 Å². The molecular formula is C15H28N4O3. The quantitative estimate of drug-likeness (QED) is 0.668. The van der Waals surface area contributed by atoms with E-state index >= 15 is 0 Å². The fraction of sp³-hybridized carbons (Fsp3) is 0.867. The molecule has 22 heavy (non-hydrogen) atoms. The molecule has 0 aliphatic carbocycles. The van der Waals surface area contributed by atoms with Gasteiger partial charge in [0.2, 0.25) is 5.91 Å². The largest absolute Gasteiger partial charge is 0.392 e. The molecule has 3 N–H and O–H groups in total. The number of urea groups is 1. The Morgan fingerprint density at radius 2 is 1.91 bits per heavy atom. The summed E-state index contributed by atoms with van der Waals surface area (Å²) >= 11 is 0. The van der Waals surface area contributed by atoms with Crippen LogP contribution in [0.4, 0.5) is 4.79 Å². The second kappa shape index (κ2) is 8.33. The lowest BCUT2D eigenvalue weighted by Crippen LogP contribution is -2.51. The van der Waals surface area contributed by atoms with E-state index < -0.39 is 0 Å². The van der Waals surface area contributed by atoms with Crippen molar-refractivity contribution in [3.05, 3.63) is 0 Å². The molecule has 1 unspecified atom stereocenters. The first-order valence-corrected chi connectivity index (χ1v) is 8.31. The van der Waals surface area contributed by atoms with E-state index in [0.717, 1.165) is 32.2 Å². The van der Waals surface area contributed by atoms with Gasteiger partial charge in [-0.2, -0.15) is 0 Å². The van der Waals surface area contributed by atoms with Gasteiger partial charge in [0, 0.05) is 32.2 Å². The molecule has 0 spiro atoms. The first-order valence-electron chi connectivity index (χ1n) is 8.31. The number of amides is 3. The Morgan fingerprint density at radius 1 is 1.18 bits per heavy atom. The fourth-order valence-electron chi connectivity index (χ4n) is 3.14. The predicted octanol–water partition coefficient (Wildman–Crippen LogP) is -0.247. The first kappa shape index (κ1) is 17.0. The van der Waals surface area contributed by atoms with E-state index in [1.807, 2.05) is 11.8 Å². The summed E-state index contributed by atoms with van der Waals surface area (Å²) in [7, 11) is 0. The van der Waals surface area contributed by atoms with E-state index in [2.05, 4.69) is 10.6 Å². The molecule has 0 aromatic carbocycles. The second-order valence-electron chi connectivity index (χ2n) is 6.20. The SMILES string of the molecule is CCNC(=O)N1CCC(NC(=O)CN2CCCC(O)C2)CC1. The van der Waals surface area contributed by atoms with Crippen molar-refractivity contribution in [1.29, 1.82) is 0 Å². The third-order valence-electron chi connectivity index (χ3n) is 4.32. The van der Waals surface area contributed by atoms with Crippen LogP contribution in [0.3, 0.4) is 0 Å². The Hall–Kier alpha value is -1.34. The zero-order valence-electron chi connectivity index (χ0n) is 13.4. The molecule has 2 heterocycles. The van der Waals surface area contributed by atoms with E-state index in [-0.39, 0.29) is 24.1 Å². The number of β-amino-alcohol motifs (C(OH)–C–C–N with tert-alkyl or cyclic N) is 1. The van der Waals surface area contributed by atoms with Crippen LogP contribution >= 0.6 is 0 Å². The Balaban J connectivity index is 1.67. The Kier molecular flexibility index (Phi) is 6.45. The summed E-state index contributed by atoms with van der Waals surface area (Å²) in [5.41, 5.74) is 0. The third-order valence-corrected chi connectivity index (χ3v) is 4.32. The van der Waals surface area contributed by atoms with Crippen LogP contribution < -0.4 is 10.6 Å². The van der Waals surface area contributed by atoms with Crippen molar-refractivity contribution in [1.82, 2.24) is 20.4 Å². The van der Waals surface area contributed by atoms with Crippen molar-refractivity contribution in [3.8, 4) is 0 Å². The highest BCUT2D eigenvalue weighted by atomic mass is 16.3. The molecule has 0 saturated carbocycles. The summed E-state index contributed by atoms with van der Waals surface area (Å²) in [5.74, 6) is 0.0190. The maximum atomic E-state index is 12.1. The van der Waals surface area contributed by atoms with Gasteiger partial charge in [-0.1, -0.05) is 0 Å². The minimum atomic E-state index is -0.304. The molecule has 0 aromatic rings. The van der Waals surface area contributed by atoms with Gasteiger partial charge in [-0.25, -0.2) is 4.79 Å². The minimum Gasteiger partial charge on any atom is -0.392 e. The maximum Gasteiger partial charge on any atom is 0.317 e. The average Bonchev–Trinajstić information content (AvgIpc) is 2.48. The molecule has 0 bridgehead atoms. The van der Waals surface area contributed by atoms with Crippen molar-refractivity contribution >= 4 is 11.9 Å². The maximum absolute atomic E-state index is 12.1. The highest BCUT2D eigenvalue weighted by Crippen LogP contribution is 2.12. The van der Waals surface area contributed by atoms with Crippen molar-refractivity contribution in [2.45, 2.75) is 44.8 Å². The third kappa shape index (κ3) is 5.14. The van der Waals surface area contributed by atoms with E-state index in [1.54, 1.807) is 4.90 Å². The van der Waals surface area contributed by atoms with Gasteiger partial charge in [-0.3, -0.25) is 9.69 Å². The summed E-state index contributed by atoms with van der Waals surface area (Å²) in [6.07, 6.45) is 3.06.